The number of pyridine rings is 1. The molecule has 0 radical (unpaired) electrons. The molecular formula is C15H12N6O3. The average Bonchev–Trinajstić information content (AvgIpc) is 3.21. The minimum absolute atomic E-state index is 0.0287. The molecule has 1 aliphatic heterocycles. The molecular weight excluding hydrogens is 312 g/mol. The van der Waals surface area contributed by atoms with E-state index in [-0.39, 0.29) is 18.0 Å². The first kappa shape index (κ1) is 14.1. The van der Waals surface area contributed by atoms with Crippen molar-refractivity contribution in [1.82, 2.24) is 25.4 Å². The summed E-state index contributed by atoms with van der Waals surface area (Å²) in [5.41, 5.74) is 2.64. The summed E-state index contributed by atoms with van der Waals surface area (Å²) in [7, 11) is 0. The zero-order valence-corrected chi connectivity index (χ0v) is 12.3. The molecule has 24 heavy (non-hydrogen) atoms. The van der Waals surface area contributed by atoms with Crippen molar-refractivity contribution in [3.8, 4) is 11.3 Å². The smallest absolute Gasteiger partial charge is 0.354 e. The van der Waals surface area contributed by atoms with Crippen LogP contribution < -0.4 is 5.32 Å². The van der Waals surface area contributed by atoms with E-state index in [0.717, 1.165) is 11.1 Å². The first-order chi connectivity index (χ1) is 11.6. The molecule has 0 spiro atoms. The Balaban J connectivity index is 1.90. The van der Waals surface area contributed by atoms with Gasteiger partial charge in [-0.05, 0) is 12.1 Å². The fourth-order valence-electron chi connectivity index (χ4n) is 2.98. The molecule has 4 N–H and O–H groups in total. The number of aromatic nitrogens is 5. The number of nitrogens with zero attached hydrogens (tertiary/aromatic N) is 3. The Morgan fingerprint density at radius 2 is 2.17 bits per heavy atom. The van der Waals surface area contributed by atoms with E-state index >= 15 is 0 Å². The molecule has 4 rings (SSSR count). The van der Waals surface area contributed by atoms with E-state index in [1.165, 1.54) is 6.20 Å². The molecule has 1 atom stereocenters. The van der Waals surface area contributed by atoms with Crippen LogP contribution in [0.15, 0.2) is 30.7 Å². The molecule has 0 fully saturated rings. The lowest BCUT2D eigenvalue weighted by Crippen LogP contribution is -2.24. The van der Waals surface area contributed by atoms with Gasteiger partial charge >= 0.3 is 5.97 Å². The molecule has 0 bridgehead atoms. The molecule has 1 amide bonds. The molecule has 4 heterocycles. The number of carboxylic acid groups (broad SMARTS) is 1. The quantitative estimate of drug-likeness (QED) is 0.574. The SMILES string of the molecule is O=C1C[C@@H](c2cn[nH]c2C(=O)O)c2c(n[nH]c2-c2cccnc2)N1. The number of amides is 1. The van der Waals surface area contributed by atoms with E-state index in [9.17, 15) is 14.7 Å². The molecule has 9 nitrogen and oxygen atoms in total. The van der Waals surface area contributed by atoms with Crippen LogP contribution in [-0.4, -0.2) is 42.4 Å². The summed E-state index contributed by atoms with van der Waals surface area (Å²) < 4.78 is 0. The molecule has 0 aliphatic carbocycles. The number of aromatic amines is 2. The normalized spacial score (nSPS) is 16.5. The Bertz CT molecular complexity index is 930. The molecule has 0 unspecified atom stereocenters. The van der Waals surface area contributed by atoms with E-state index < -0.39 is 11.9 Å². The first-order valence-electron chi connectivity index (χ1n) is 7.20. The van der Waals surface area contributed by atoms with Gasteiger partial charge in [0.05, 0.1) is 11.9 Å². The molecule has 0 aromatic carbocycles. The maximum atomic E-state index is 12.0. The van der Waals surface area contributed by atoms with Gasteiger partial charge in [-0.3, -0.25) is 20.0 Å². The van der Waals surface area contributed by atoms with Crippen molar-refractivity contribution < 1.29 is 14.7 Å². The lowest BCUT2D eigenvalue weighted by atomic mass is 9.84. The Morgan fingerprint density at radius 3 is 2.92 bits per heavy atom. The van der Waals surface area contributed by atoms with Crippen molar-refractivity contribution in [3.05, 3.63) is 47.5 Å². The van der Waals surface area contributed by atoms with E-state index in [1.54, 1.807) is 18.5 Å². The predicted octanol–water partition coefficient (Wildman–Crippen LogP) is 1.37. The van der Waals surface area contributed by atoms with E-state index in [0.29, 0.717) is 17.1 Å². The van der Waals surface area contributed by atoms with Gasteiger partial charge in [0.15, 0.2) is 5.82 Å². The van der Waals surface area contributed by atoms with Crippen LogP contribution in [0.2, 0.25) is 0 Å². The van der Waals surface area contributed by atoms with Crippen LogP contribution in [0, 0.1) is 0 Å². The second kappa shape index (κ2) is 5.30. The Labute approximate surface area is 135 Å². The number of rotatable bonds is 3. The molecule has 0 saturated heterocycles. The summed E-state index contributed by atoms with van der Waals surface area (Å²) >= 11 is 0. The number of carbonyl (C=O) groups is 2. The maximum absolute atomic E-state index is 12.0. The van der Waals surface area contributed by atoms with Crippen molar-refractivity contribution in [2.45, 2.75) is 12.3 Å². The Hall–Kier alpha value is -3.49. The number of anilines is 1. The van der Waals surface area contributed by atoms with Crippen LogP contribution in [0.3, 0.4) is 0 Å². The highest BCUT2D eigenvalue weighted by atomic mass is 16.4. The number of hydrogen-bond donors (Lipinski definition) is 4. The lowest BCUT2D eigenvalue weighted by molar-refractivity contribution is -0.116. The summed E-state index contributed by atoms with van der Waals surface area (Å²) in [5.74, 6) is -1.42. The van der Waals surface area contributed by atoms with Crippen molar-refractivity contribution in [1.29, 1.82) is 0 Å². The molecule has 120 valence electrons. The van der Waals surface area contributed by atoms with E-state index in [2.05, 4.69) is 30.7 Å². The minimum atomic E-state index is -1.12. The Kier molecular flexibility index (Phi) is 3.12. The highest BCUT2D eigenvalue weighted by Crippen LogP contribution is 2.42. The number of aromatic carboxylic acids is 1. The van der Waals surface area contributed by atoms with E-state index in [4.69, 9.17) is 0 Å². The first-order valence-corrected chi connectivity index (χ1v) is 7.20. The summed E-state index contributed by atoms with van der Waals surface area (Å²) in [5, 5.41) is 25.4. The maximum Gasteiger partial charge on any atom is 0.354 e. The summed E-state index contributed by atoms with van der Waals surface area (Å²) in [6.45, 7) is 0. The molecule has 3 aromatic rings. The topological polar surface area (TPSA) is 137 Å². The second-order valence-electron chi connectivity index (χ2n) is 5.41. The zero-order valence-electron chi connectivity index (χ0n) is 12.3. The van der Waals surface area contributed by atoms with E-state index in [1.807, 2.05) is 6.07 Å². The lowest BCUT2D eigenvalue weighted by Gasteiger charge is -2.22. The van der Waals surface area contributed by atoms with Crippen LogP contribution in [0.25, 0.3) is 11.3 Å². The molecule has 1 aliphatic rings. The fraction of sp³-hybridized carbons (Fsp3) is 0.133. The van der Waals surface area contributed by atoms with Crippen LogP contribution >= 0.6 is 0 Å². The van der Waals surface area contributed by atoms with Crippen molar-refractivity contribution >= 4 is 17.7 Å². The van der Waals surface area contributed by atoms with Crippen LogP contribution in [0.5, 0.6) is 0 Å². The number of carbonyl (C=O) groups excluding carboxylic acids is 1. The third-order valence-electron chi connectivity index (χ3n) is 4.01. The third-order valence-corrected chi connectivity index (χ3v) is 4.01. The van der Waals surface area contributed by atoms with Crippen molar-refractivity contribution in [2.24, 2.45) is 0 Å². The standard InChI is InChI=1S/C15H12N6O3/c22-10-4-8(9-6-17-19-13(9)15(23)24)11-12(20-21-14(11)18-10)7-2-1-3-16-5-7/h1-3,5-6,8H,4H2,(H,17,19)(H,23,24)(H2,18,20,21,22)/t8-/m0/s1. The van der Waals surface area contributed by atoms with Crippen molar-refractivity contribution in [2.75, 3.05) is 5.32 Å². The predicted molar refractivity (Wildman–Crippen MR) is 82.5 cm³/mol. The highest BCUT2D eigenvalue weighted by Gasteiger charge is 2.35. The number of fused-ring (bicyclic) bond motifs is 1. The summed E-state index contributed by atoms with van der Waals surface area (Å²) in [4.78, 5) is 27.5. The van der Waals surface area contributed by atoms with Gasteiger partial charge in [0.1, 0.15) is 5.69 Å². The summed E-state index contributed by atoms with van der Waals surface area (Å²) in [6.07, 6.45) is 4.88. The number of nitrogens with one attached hydrogen (secondary N) is 3. The minimum Gasteiger partial charge on any atom is -0.477 e. The Morgan fingerprint density at radius 1 is 1.29 bits per heavy atom. The van der Waals surface area contributed by atoms with Gasteiger partial charge in [-0.2, -0.15) is 10.2 Å². The fourth-order valence-corrected chi connectivity index (χ4v) is 2.98. The van der Waals surface area contributed by atoms with Gasteiger partial charge in [-0.25, -0.2) is 4.79 Å². The molecule has 9 heteroatoms. The zero-order chi connectivity index (χ0) is 16.7. The monoisotopic (exact) mass is 324 g/mol. The van der Waals surface area contributed by atoms with Crippen LogP contribution in [0.1, 0.15) is 34.0 Å². The molecule has 3 aromatic heterocycles. The van der Waals surface area contributed by atoms with Gasteiger partial charge in [0.25, 0.3) is 0 Å². The van der Waals surface area contributed by atoms with Gasteiger partial charge in [-0.1, -0.05) is 0 Å². The van der Waals surface area contributed by atoms with Crippen LogP contribution in [0.4, 0.5) is 5.82 Å². The highest BCUT2D eigenvalue weighted by molar-refractivity contribution is 5.97. The molecule has 0 saturated carbocycles. The van der Waals surface area contributed by atoms with Gasteiger partial charge < -0.3 is 10.4 Å². The number of hydrogen-bond acceptors (Lipinski definition) is 5. The van der Waals surface area contributed by atoms with Gasteiger partial charge in [-0.15, -0.1) is 0 Å². The number of carboxylic acids is 1. The van der Waals surface area contributed by atoms with Crippen molar-refractivity contribution in [3.63, 3.8) is 0 Å². The third kappa shape index (κ3) is 2.14. The summed E-state index contributed by atoms with van der Waals surface area (Å²) in [6, 6.07) is 3.65. The van der Waals surface area contributed by atoms with Gasteiger partial charge in [0.2, 0.25) is 5.91 Å². The second-order valence-corrected chi connectivity index (χ2v) is 5.41. The average molecular weight is 324 g/mol. The van der Waals surface area contributed by atoms with Gasteiger partial charge in [0, 0.05) is 41.4 Å². The number of H-pyrrole nitrogens is 2. The van der Waals surface area contributed by atoms with Crippen LogP contribution in [-0.2, 0) is 4.79 Å². The largest absolute Gasteiger partial charge is 0.477 e.